The van der Waals surface area contributed by atoms with Crippen molar-refractivity contribution in [3.05, 3.63) is 143 Å². The topological polar surface area (TPSA) is 35.6 Å². The van der Waals surface area contributed by atoms with Crippen LogP contribution in [-0.4, -0.2) is 19.1 Å². The van der Waals surface area contributed by atoms with E-state index in [4.69, 9.17) is 9.97 Å². The van der Waals surface area contributed by atoms with Gasteiger partial charge in [0.1, 0.15) is 6.33 Å². The smallest absolute Gasteiger partial charge is 0.116 e. The molecule has 3 aliphatic carbocycles. The lowest BCUT2D eigenvalue weighted by Crippen LogP contribution is -2.02. The van der Waals surface area contributed by atoms with E-state index in [1.54, 1.807) is 6.33 Å². The zero-order chi connectivity index (χ0) is 29.7. The van der Waals surface area contributed by atoms with E-state index < -0.39 is 0 Å². The Morgan fingerprint density at radius 2 is 1.18 bits per heavy atom. The van der Waals surface area contributed by atoms with E-state index in [0.717, 1.165) is 66.0 Å². The molecule has 4 heteroatoms. The molecule has 0 bridgehead atoms. The van der Waals surface area contributed by atoms with Gasteiger partial charge in [0.15, 0.2) is 0 Å². The molecule has 0 unspecified atom stereocenters. The van der Waals surface area contributed by atoms with E-state index in [-0.39, 0.29) is 0 Å². The van der Waals surface area contributed by atoms with Crippen molar-refractivity contribution in [2.75, 3.05) is 0 Å². The lowest BCUT2D eigenvalue weighted by atomic mass is 9.99. The summed E-state index contributed by atoms with van der Waals surface area (Å²) in [7, 11) is 0. The average molecular weight is 581 g/mol. The summed E-state index contributed by atoms with van der Waals surface area (Å²) in [6.07, 6.45) is 25.2. The molecular weight excluding hydrogens is 548 g/mol. The van der Waals surface area contributed by atoms with Crippen molar-refractivity contribution in [1.82, 2.24) is 19.1 Å². The molecule has 0 fully saturated rings. The number of fused-ring (bicyclic) bond motifs is 6. The van der Waals surface area contributed by atoms with Crippen LogP contribution in [-0.2, 0) is 12.8 Å². The van der Waals surface area contributed by atoms with E-state index in [2.05, 4.69) is 137 Å². The first kappa shape index (κ1) is 26.0. The molecule has 9 rings (SSSR count). The van der Waals surface area contributed by atoms with Gasteiger partial charge in [-0.15, -0.1) is 0 Å². The van der Waals surface area contributed by atoms with Crippen LogP contribution in [0.2, 0.25) is 0 Å². The maximum Gasteiger partial charge on any atom is 0.116 e. The van der Waals surface area contributed by atoms with Gasteiger partial charge in [-0.3, -0.25) is 0 Å². The van der Waals surface area contributed by atoms with Gasteiger partial charge in [0.25, 0.3) is 0 Å². The summed E-state index contributed by atoms with van der Waals surface area (Å²) < 4.78 is 4.81. The number of hydrogen-bond acceptors (Lipinski definition) is 2. The Morgan fingerprint density at radius 3 is 1.96 bits per heavy atom. The molecule has 6 aromatic rings. The molecule has 3 aliphatic rings. The van der Waals surface area contributed by atoms with Crippen LogP contribution in [0, 0.1) is 0 Å². The van der Waals surface area contributed by atoms with E-state index in [1.807, 2.05) is 0 Å². The van der Waals surface area contributed by atoms with E-state index in [1.165, 1.54) is 44.7 Å². The van der Waals surface area contributed by atoms with Gasteiger partial charge < -0.3 is 9.13 Å². The third kappa shape index (κ3) is 4.28. The van der Waals surface area contributed by atoms with Gasteiger partial charge in [-0.2, -0.15) is 0 Å². The number of nitrogens with zero attached hydrogens (tertiary/aromatic N) is 4. The highest BCUT2D eigenvalue weighted by Crippen LogP contribution is 2.37. The number of rotatable bonds is 4. The summed E-state index contributed by atoms with van der Waals surface area (Å²) >= 11 is 0. The molecule has 45 heavy (non-hydrogen) atoms. The summed E-state index contributed by atoms with van der Waals surface area (Å²) in [5.74, 6) is 0. The molecule has 0 aliphatic heterocycles. The molecule has 0 atom stereocenters. The van der Waals surface area contributed by atoms with Crippen LogP contribution in [0.1, 0.15) is 53.0 Å². The van der Waals surface area contributed by atoms with Gasteiger partial charge in [0.2, 0.25) is 0 Å². The number of allylic oxidation sites excluding steroid dienone is 4. The second-order valence-electron chi connectivity index (χ2n) is 12.0. The molecule has 0 saturated carbocycles. The second kappa shape index (κ2) is 10.6. The number of para-hydroxylation sites is 1. The Bertz CT molecular complexity index is 2250. The molecule has 0 spiro atoms. The third-order valence-corrected chi connectivity index (χ3v) is 9.39. The molecule has 0 amide bonds. The summed E-state index contributed by atoms with van der Waals surface area (Å²) in [5, 5.41) is 1.34. The zero-order valence-corrected chi connectivity index (χ0v) is 25.0. The average Bonchev–Trinajstić information content (AvgIpc) is 3.49. The monoisotopic (exact) mass is 580 g/mol. The van der Waals surface area contributed by atoms with Crippen LogP contribution < -0.4 is 0 Å². The van der Waals surface area contributed by atoms with Gasteiger partial charge >= 0.3 is 0 Å². The maximum atomic E-state index is 4.74. The van der Waals surface area contributed by atoms with Gasteiger partial charge in [0, 0.05) is 44.8 Å². The minimum atomic E-state index is 0.913. The van der Waals surface area contributed by atoms with Crippen molar-refractivity contribution in [2.24, 2.45) is 0 Å². The van der Waals surface area contributed by atoms with Crippen LogP contribution in [0.5, 0.6) is 0 Å². The predicted octanol–water partition coefficient (Wildman–Crippen LogP) is 9.89. The molecular formula is C41H32N4. The standard InChI is InChI=1S/C41H32N4/c1-2-16-32-33-17-4-7-21-39(33)44(38(32)20-3-1)30-14-10-12-28(24-30)36-26-37(43-27-42-36)29-13-11-15-31(25-29)45-40-22-8-5-18-34(40)35-19-6-9-23-41(35)45/h2-3,5,7-16,18,20-27H,1,4,6,17,19H2. The van der Waals surface area contributed by atoms with Crippen molar-refractivity contribution < 1.29 is 0 Å². The number of aromatic nitrogens is 4. The molecule has 4 nitrogen and oxygen atoms in total. The van der Waals surface area contributed by atoms with Gasteiger partial charge in [-0.25, -0.2) is 9.97 Å². The first-order chi connectivity index (χ1) is 22.3. The highest BCUT2D eigenvalue weighted by molar-refractivity contribution is 5.91. The zero-order valence-electron chi connectivity index (χ0n) is 25.0. The van der Waals surface area contributed by atoms with Crippen molar-refractivity contribution in [3.63, 3.8) is 0 Å². The lowest BCUT2D eigenvalue weighted by Gasteiger charge is -2.14. The molecule has 3 aromatic carbocycles. The highest BCUT2D eigenvalue weighted by Gasteiger charge is 2.22. The quantitative estimate of drug-likeness (QED) is 0.208. The van der Waals surface area contributed by atoms with Crippen molar-refractivity contribution in [2.45, 2.75) is 32.1 Å². The molecule has 3 heterocycles. The first-order valence-corrected chi connectivity index (χ1v) is 15.9. The Balaban J connectivity index is 1.12. The second-order valence-corrected chi connectivity index (χ2v) is 12.0. The Labute approximate surface area is 263 Å². The predicted molar refractivity (Wildman–Crippen MR) is 186 cm³/mol. The SMILES string of the molecule is C1=Cc2c3c(n(-c4cccc(-c5cc(-c6cccc(-n7c8c(c9ccccc97)CCC=C8)c6)ncn5)c4)c2C=CC1)C=CCC3. The van der Waals surface area contributed by atoms with Gasteiger partial charge in [0.05, 0.1) is 22.6 Å². The molecule has 0 N–H and O–H groups in total. The molecule has 216 valence electrons. The fourth-order valence-corrected chi connectivity index (χ4v) is 7.36. The summed E-state index contributed by atoms with van der Waals surface area (Å²) in [5.41, 5.74) is 15.6. The van der Waals surface area contributed by atoms with Crippen molar-refractivity contribution in [1.29, 1.82) is 0 Å². The van der Waals surface area contributed by atoms with Crippen molar-refractivity contribution >= 4 is 35.2 Å². The van der Waals surface area contributed by atoms with Crippen LogP contribution in [0.4, 0.5) is 0 Å². The first-order valence-electron chi connectivity index (χ1n) is 15.9. The molecule has 0 saturated heterocycles. The minimum Gasteiger partial charge on any atom is -0.310 e. The van der Waals surface area contributed by atoms with Crippen LogP contribution in [0.15, 0.2) is 109 Å². The Morgan fingerprint density at radius 1 is 0.533 bits per heavy atom. The van der Waals surface area contributed by atoms with E-state index in [9.17, 15) is 0 Å². The van der Waals surface area contributed by atoms with E-state index >= 15 is 0 Å². The van der Waals surface area contributed by atoms with Gasteiger partial charge in [-0.05, 0) is 97.9 Å². The largest absolute Gasteiger partial charge is 0.310 e. The highest BCUT2D eigenvalue weighted by atomic mass is 15.0. The molecule has 3 aromatic heterocycles. The van der Waals surface area contributed by atoms with Gasteiger partial charge in [-0.1, -0.05) is 72.8 Å². The third-order valence-electron chi connectivity index (χ3n) is 9.39. The minimum absolute atomic E-state index is 0.913. The number of hydrogen-bond donors (Lipinski definition) is 0. The van der Waals surface area contributed by atoms with Crippen LogP contribution in [0.3, 0.4) is 0 Å². The van der Waals surface area contributed by atoms with Crippen LogP contribution >= 0.6 is 0 Å². The lowest BCUT2D eigenvalue weighted by molar-refractivity contribution is 0.955. The fourth-order valence-electron chi connectivity index (χ4n) is 7.36. The van der Waals surface area contributed by atoms with Crippen molar-refractivity contribution in [3.8, 4) is 33.9 Å². The summed E-state index contributed by atoms with van der Waals surface area (Å²) in [4.78, 5) is 9.48. The summed E-state index contributed by atoms with van der Waals surface area (Å²) in [6.45, 7) is 0. The summed E-state index contributed by atoms with van der Waals surface area (Å²) in [6, 6.07) is 28.4. The van der Waals surface area contributed by atoms with Crippen LogP contribution in [0.25, 0.3) is 69.1 Å². The fraction of sp³-hybridized carbons (Fsp3) is 0.122. The van der Waals surface area contributed by atoms with E-state index in [0.29, 0.717) is 0 Å². The Kier molecular flexibility index (Phi) is 6.12. The number of aryl methyl sites for hydroxylation is 1. The Hall–Kier alpha value is -5.48. The maximum absolute atomic E-state index is 4.74. The number of benzene rings is 3. The molecule has 0 radical (unpaired) electrons. The normalized spacial score (nSPS) is 14.8.